The van der Waals surface area contributed by atoms with Crippen molar-refractivity contribution in [2.75, 3.05) is 25.0 Å². The number of nitrogens with one attached hydrogen (secondary N) is 1. The smallest absolute Gasteiger partial charge is 0.226 e. The van der Waals surface area contributed by atoms with Crippen molar-refractivity contribution >= 4 is 22.2 Å². The molecule has 5 nitrogen and oxygen atoms in total. The summed E-state index contributed by atoms with van der Waals surface area (Å²) in [6.07, 6.45) is 7.34. The number of likely N-dealkylation sites (tertiary alicyclic amines) is 1. The summed E-state index contributed by atoms with van der Waals surface area (Å²) in [5.74, 6) is -0.0194. The van der Waals surface area contributed by atoms with Crippen LogP contribution in [0, 0.1) is 11.3 Å². The second kappa shape index (κ2) is 8.11. The lowest BCUT2D eigenvalue weighted by Crippen LogP contribution is -2.37. The number of amides is 1. The maximum Gasteiger partial charge on any atom is 0.226 e. The number of anilines is 1. The summed E-state index contributed by atoms with van der Waals surface area (Å²) < 4.78 is 0. The van der Waals surface area contributed by atoms with Crippen LogP contribution in [0.2, 0.25) is 0 Å². The highest BCUT2D eigenvalue weighted by molar-refractivity contribution is 7.16. The molecule has 0 spiro atoms. The SMILES string of the molecule is N#Cc1c(NC(=O)CCN2CCC(O)CC2)sc2c1CCCCC2. The topological polar surface area (TPSA) is 76.4 Å². The van der Waals surface area contributed by atoms with Crippen LogP contribution < -0.4 is 5.32 Å². The second-order valence-corrected chi connectivity index (χ2v) is 7.86. The minimum Gasteiger partial charge on any atom is -0.393 e. The zero-order valence-corrected chi connectivity index (χ0v) is 14.8. The largest absolute Gasteiger partial charge is 0.393 e. The molecule has 0 bridgehead atoms. The van der Waals surface area contributed by atoms with Crippen LogP contribution in [-0.4, -0.2) is 41.7 Å². The first kappa shape index (κ1) is 17.4. The molecule has 24 heavy (non-hydrogen) atoms. The molecule has 2 heterocycles. The normalized spacial score (nSPS) is 19.3. The fourth-order valence-electron chi connectivity index (χ4n) is 3.54. The number of fused-ring (bicyclic) bond motifs is 1. The second-order valence-electron chi connectivity index (χ2n) is 6.75. The lowest BCUT2D eigenvalue weighted by Gasteiger charge is -2.29. The van der Waals surface area contributed by atoms with E-state index in [2.05, 4.69) is 16.3 Å². The predicted molar refractivity (Wildman–Crippen MR) is 95.2 cm³/mol. The van der Waals surface area contributed by atoms with Gasteiger partial charge in [0.25, 0.3) is 0 Å². The third kappa shape index (κ3) is 4.15. The van der Waals surface area contributed by atoms with Crippen LogP contribution in [0.1, 0.15) is 54.5 Å². The van der Waals surface area contributed by atoms with Crippen LogP contribution in [0.25, 0.3) is 0 Å². The van der Waals surface area contributed by atoms with E-state index in [1.807, 2.05) is 0 Å². The Kier molecular flexibility index (Phi) is 5.88. The number of rotatable bonds is 4. The van der Waals surface area contributed by atoms with Crippen LogP contribution in [0.4, 0.5) is 5.00 Å². The Bertz CT molecular complexity index is 627. The molecule has 1 aromatic heterocycles. The van der Waals surface area contributed by atoms with Crippen molar-refractivity contribution < 1.29 is 9.90 Å². The molecule has 1 amide bonds. The minimum absolute atomic E-state index is 0.0194. The van der Waals surface area contributed by atoms with Crippen molar-refractivity contribution in [3.05, 3.63) is 16.0 Å². The quantitative estimate of drug-likeness (QED) is 0.821. The summed E-state index contributed by atoms with van der Waals surface area (Å²) in [5, 5.41) is 22.7. The first-order valence-corrected chi connectivity index (χ1v) is 9.74. The summed E-state index contributed by atoms with van der Waals surface area (Å²) in [5.41, 5.74) is 1.85. The maximum absolute atomic E-state index is 12.3. The van der Waals surface area contributed by atoms with Crippen molar-refractivity contribution in [1.29, 1.82) is 5.26 Å². The van der Waals surface area contributed by atoms with Crippen LogP contribution in [0.5, 0.6) is 0 Å². The molecule has 1 aliphatic carbocycles. The predicted octanol–water partition coefficient (Wildman–Crippen LogP) is 2.67. The van der Waals surface area contributed by atoms with E-state index in [9.17, 15) is 15.2 Å². The Hall–Kier alpha value is -1.42. The third-order valence-corrected chi connectivity index (χ3v) is 6.21. The Morgan fingerprint density at radius 3 is 2.79 bits per heavy atom. The summed E-state index contributed by atoms with van der Waals surface area (Å²) in [6, 6.07) is 2.30. The van der Waals surface area contributed by atoms with E-state index >= 15 is 0 Å². The van der Waals surface area contributed by atoms with Gasteiger partial charge in [0.2, 0.25) is 5.91 Å². The number of carbonyl (C=O) groups is 1. The molecular weight excluding hydrogens is 322 g/mol. The van der Waals surface area contributed by atoms with Crippen molar-refractivity contribution in [3.8, 4) is 6.07 Å². The molecule has 130 valence electrons. The number of hydrogen-bond donors (Lipinski definition) is 2. The molecule has 2 aliphatic rings. The Balaban J connectivity index is 1.57. The van der Waals surface area contributed by atoms with E-state index in [1.165, 1.54) is 23.3 Å². The molecule has 6 heteroatoms. The lowest BCUT2D eigenvalue weighted by molar-refractivity contribution is -0.116. The van der Waals surface area contributed by atoms with Gasteiger partial charge in [0.15, 0.2) is 0 Å². The number of aliphatic hydroxyl groups is 1. The number of carbonyl (C=O) groups excluding carboxylic acids is 1. The van der Waals surface area contributed by atoms with Gasteiger partial charge < -0.3 is 15.3 Å². The van der Waals surface area contributed by atoms with Crippen molar-refractivity contribution in [1.82, 2.24) is 4.90 Å². The van der Waals surface area contributed by atoms with E-state index < -0.39 is 0 Å². The third-order valence-electron chi connectivity index (χ3n) is 5.00. The fraction of sp³-hybridized carbons (Fsp3) is 0.667. The molecule has 1 fully saturated rings. The van der Waals surface area contributed by atoms with Crippen LogP contribution >= 0.6 is 11.3 Å². The zero-order valence-electron chi connectivity index (χ0n) is 14.0. The highest BCUT2D eigenvalue weighted by Crippen LogP contribution is 2.37. The van der Waals surface area contributed by atoms with Gasteiger partial charge in [-0.15, -0.1) is 11.3 Å². The highest BCUT2D eigenvalue weighted by Gasteiger charge is 2.22. The number of nitriles is 1. The molecule has 0 atom stereocenters. The number of aliphatic hydroxyl groups excluding tert-OH is 1. The van der Waals surface area contributed by atoms with Gasteiger partial charge in [-0.05, 0) is 44.1 Å². The first-order valence-electron chi connectivity index (χ1n) is 8.92. The van der Waals surface area contributed by atoms with Crippen LogP contribution in [-0.2, 0) is 17.6 Å². The monoisotopic (exact) mass is 347 g/mol. The lowest BCUT2D eigenvalue weighted by atomic mass is 10.1. The molecule has 1 saturated heterocycles. The number of nitrogens with zero attached hydrogens (tertiary/aromatic N) is 2. The van der Waals surface area contributed by atoms with Crippen LogP contribution in [0.3, 0.4) is 0 Å². The number of thiophene rings is 1. The molecule has 0 radical (unpaired) electrons. The molecule has 1 aliphatic heterocycles. The van der Waals surface area contributed by atoms with Crippen molar-refractivity contribution in [2.24, 2.45) is 0 Å². The number of piperidine rings is 1. The molecule has 0 aromatic carbocycles. The van der Waals surface area contributed by atoms with E-state index in [0.717, 1.165) is 50.2 Å². The summed E-state index contributed by atoms with van der Waals surface area (Å²) >= 11 is 1.59. The molecule has 0 saturated carbocycles. The standard InChI is InChI=1S/C18H25N3O2S/c19-12-15-14-4-2-1-3-5-16(14)24-18(15)20-17(23)8-11-21-9-6-13(22)7-10-21/h13,22H,1-11H2,(H,20,23). The maximum atomic E-state index is 12.3. The van der Waals surface area contributed by atoms with Gasteiger partial charge in [-0.2, -0.15) is 5.26 Å². The summed E-state index contributed by atoms with van der Waals surface area (Å²) in [7, 11) is 0. The Labute approximate surface area is 147 Å². The Morgan fingerprint density at radius 1 is 1.29 bits per heavy atom. The van der Waals surface area contributed by atoms with Crippen LogP contribution in [0.15, 0.2) is 0 Å². The average molecular weight is 347 g/mol. The number of aryl methyl sites for hydroxylation is 1. The van der Waals surface area contributed by atoms with Crippen molar-refractivity contribution in [3.63, 3.8) is 0 Å². The number of hydrogen-bond acceptors (Lipinski definition) is 5. The van der Waals surface area contributed by atoms with Gasteiger partial charge in [-0.25, -0.2) is 0 Å². The van der Waals surface area contributed by atoms with E-state index in [1.54, 1.807) is 11.3 Å². The Morgan fingerprint density at radius 2 is 2.04 bits per heavy atom. The van der Waals surface area contributed by atoms with E-state index in [-0.39, 0.29) is 12.0 Å². The average Bonchev–Trinajstić information content (AvgIpc) is 2.74. The minimum atomic E-state index is -0.185. The fourth-order valence-corrected chi connectivity index (χ4v) is 4.80. The van der Waals surface area contributed by atoms with Gasteiger partial charge in [-0.3, -0.25) is 4.79 Å². The van der Waals surface area contributed by atoms with Crippen molar-refractivity contribution in [2.45, 2.75) is 57.5 Å². The molecule has 3 rings (SSSR count). The van der Waals surface area contributed by atoms with Gasteiger partial charge >= 0.3 is 0 Å². The summed E-state index contributed by atoms with van der Waals surface area (Å²) in [4.78, 5) is 15.8. The van der Waals surface area contributed by atoms with Gasteiger partial charge in [0, 0.05) is 30.9 Å². The zero-order chi connectivity index (χ0) is 16.9. The molecule has 1 aromatic rings. The molecule has 2 N–H and O–H groups in total. The van der Waals surface area contributed by atoms with Gasteiger partial charge in [-0.1, -0.05) is 6.42 Å². The molecular formula is C18H25N3O2S. The summed E-state index contributed by atoms with van der Waals surface area (Å²) in [6.45, 7) is 2.42. The molecule has 0 unspecified atom stereocenters. The highest BCUT2D eigenvalue weighted by atomic mass is 32.1. The van der Waals surface area contributed by atoms with E-state index in [4.69, 9.17) is 0 Å². The van der Waals surface area contributed by atoms with Gasteiger partial charge in [0.05, 0.1) is 11.7 Å². The van der Waals surface area contributed by atoms with E-state index in [0.29, 0.717) is 18.5 Å². The van der Waals surface area contributed by atoms with Gasteiger partial charge in [0.1, 0.15) is 11.1 Å². The first-order chi connectivity index (χ1) is 11.7.